The number of imidazole rings is 1. The Morgan fingerprint density at radius 2 is 0.900 bits per heavy atom. The molecule has 176 valence electrons. The molecule has 0 spiro atoms. The Morgan fingerprint density at radius 3 is 1.37 bits per heavy atom. The molecular weight excluding hydrogens is 364 g/mol. The molecule has 0 atom stereocenters. The second kappa shape index (κ2) is 21.4. The van der Waals surface area contributed by atoms with E-state index in [0.717, 1.165) is 0 Å². The number of nitrogens with zero attached hydrogens (tertiary/aromatic N) is 2. The number of hydrogen-bond donors (Lipinski definition) is 0. The molecule has 0 fully saturated rings. The van der Waals surface area contributed by atoms with E-state index in [0.29, 0.717) is 0 Å². The largest absolute Gasteiger partial charge is 0.243 e. The molecule has 1 aromatic rings. The lowest BCUT2D eigenvalue weighted by Gasteiger charge is -2.02. The van der Waals surface area contributed by atoms with Crippen molar-refractivity contribution < 1.29 is 4.57 Å². The van der Waals surface area contributed by atoms with E-state index in [2.05, 4.69) is 41.7 Å². The van der Waals surface area contributed by atoms with Crippen LogP contribution in [0.15, 0.2) is 18.7 Å². The number of hydrogen-bond acceptors (Lipinski definition) is 0. The van der Waals surface area contributed by atoms with Gasteiger partial charge in [0.15, 0.2) is 0 Å². The third kappa shape index (κ3) is 16.9. The van der Waals surface area contributed by atoms with Crippen molar-refractivity contribution in [1.82, 2.24) is 4.57 Å². The smallest absolute Gasteiger partial charge is 0.237 e. The maximum absolute atomic E-state index is 2.39. The first-order chi connectivity index (χ1) is 14.9. The van der Waals surface area contributed by atoms with Crippen molar-refractivity contribution in [3.8, 4) is 0 Å². The van der Waals surface area contributed by atoms with Crippen molar-refractivity contribution in [2.75, 3.05) is 0 Å². The highest BCUT2D eigenvalue weighted by molar-refractivity contribution is 4.66. The molecule has 2 heteroatoms. The Bertz CT molecular complexity index is 451. The minimum atomic E-state index is 1.20. The number of unbranched alkanes of at least 4 members (excludes halogenated alkanes) is 19. The van der Waals surface area contributed by atoms with Gasteiger partial charge < -0.3 is 0 Å². The Kier molecular flexibility index (Phi) is 19.5. The van der Waals surface area contributed by atoms with E-state index in [1.54, 1.807) is 0 Å². The SMILES string of the molecule is CCCCCCCCCCCCCCC[n+]1ccn(CCCCCCCCCC)c1. The van der Waals surface area contributed by atoms with Gasteiger partial charge in [0.2, 0.25) is 6.33 Å². The van der Waals surface area contributed by atoms with Crippen LogP contribution in [0.3, 0.4) is 0 Å². The van der Waals surface area contributed by atoms with E-state index in [9.17, 15) is 0 Å². The van der Waals surface area contributed by atoms with Crippen LogP contribution < -0.4 is 4.57 Å². The van der Waals surface area contributed by atoms with Crippen molar-refractivity contribution in [2.24, 2.45) is 0 Å². The molecule has 0 amide bonds. The zero-order valence-corrected chi connectivity index (χ0v) is 20.9. The first-order valence-electron chi connectivity index (χ1n) is 13.9. The summed E-state index contributed by atoms with van der Waals surface area (Å²) in [6.45, 7) is 6.98. The Balaban J connectivity index is 1.85. The van der Waals surface area contributed by atoms with Crippen molar-refractivity contribution in [1.29, 1.82) is 0 Å². The van der Waals surface area contributed by atoms with Crippen LogP contribution in [0.2, 0.25) is 0 Å². The minimum Gasteiger partial charge on any atom is -0.237 e. The van der Waals surface area contributed by atoms with Gasteiger partial charge in [-0.25, -0.2) is 9.13 Å². The standard InChI is InChI=1S/C28H55N2/c1-3-5-7-9-11-13-14-15-16-17-19-21-23-25-30-27-26-29(28-30)24-22-20-18-12-10-8-6-4-2/h26-28H,3-25H2,1-2H3/q+1. The normalized spacial score (nSPS) is 11.4. The summed E-state index contributed by atoms with van der Waals surface area (Å²) in [6.07, 6.45) is 36.7. The summed E-state index contributed by atoms with van der Waals surface area (Å²) in [4.78, 5) is 0. The molecule has 0 aliphatic heterocycles. The number of rotatable bonds is 23. The van der Waals surface area contributed by atoms with Gasteiger partial charge in [-0.2, -0.15) is 0 Å². The molecule has 0 unspecified atom stereocenters. The fourth-order valence-electron chi connectivity index (χ4n) is 4.44. The van der Waals surface area contributed by atoms with Gasteiger partial charge >= 0.3 is 0 Å². The molecule has 0 aromatic carbocycles. The number of aromatic nitrogens is 2. The third-order valence-corrected chi connectivity index (χ3v) is 6.54. The first-order valence-corrected chi connectivity index (χ1v) is 13.9. The third-order valence-electron chi connectivity index (χ3n) is 6.54. The van der Waals surface area contributed by atoms with Crippen LogP contribution in [0.4, 0.5) is 0 Å². The van der Waals surface area contributed by atoms with Crippen molar-refractivity contribution in [2.45, 2.75) is 162 Å². The zero-order valence-electron chi connectivity index (χ0n) is 20.9. The highest BCUT2D eigenvalue weighted by Gasteiger charge is 2.03. The lowest BCUT2D eigenvalue weighted by molar-refractivity contribution is -0.696. The molecular formula is C28H55N2+. The molecule has 1 heterocycles. The fourth-order valence-corrected chi connectivity index (χ4v) is 4.44. The van der Waals surface area contributed by atoms with Crippen molar-refractivity contribution >= 4 is 0 Å². The van der Waals surface area contributed by atoms with Crippen LogP contribution in [0.5, 0.6) is 0 Å². The van der Waals surface area contributed by atoms with Gasteiger partial charge in [-0.3, -0.25) is 0 Å². The van der Waals surface area contributed by atoms with E-state index in [1.165, 1.54) is 148 Å². The molecule has 0 saturated carbocycles. The highest BCUT2D eigenvalue weighted by atomic mass is 15.1. The maximum atomic E-state index is 2.39. The average molecular weight is 420 g/mol. The van der Waals surface area contributed by atoms with E-state index >= 15 is 0 Å². The predicted molar refractivity (Wildman–Crippen MR) is 133 cm³/mol. The van der Waals surface area contributed by atoms with Gasteiger partial charge in [-0.05, 0) is 25.7 Å². The van der Waals surface area contributed by atoms with Crippen LogP contribution in [-0.2, 0) is 13.1 Å². The second-order valence-corrected chi connectivity index (χ2v) is 9.61. The fraction of sp³-hybridized carbons (Fsp3) is 0.893. The van der Waals surface area contributed by atoms with Gasteiger partial charge in [0.1, 0.15) is 12.4 Å². The molecule has 1 aromatic heterocycles. The van der Waals surface area contributed by atoms with E-state index in [1.807, 2.05) is 0 Å². The summed E-state index contributed by atoms with van der Waals surface area (Å²) in [5.74, 6) is 0. The molecule has 0 N–H and O–H groups in total. The maximum Gasteiger partial charge on any atom is 0.243 e. The van der Waals surface area contributed by atoms with Crippen molar-refractivity contribution in [3.05, 3.63) is 18.7 Å². The summed E-state index contributed by atoms with van der Waals surface area (Å²) in [5, 5.41) is 0. The molecule has 0 bridgehead atoms. The molecule has 0 aliphatic rings. The highest BCUT2D eigenvalue weighted by Crippen LogP contribution is 2.12. The molecule has 0 radical (unpaired) electrons. The van der Waals surface area contributed by atoms with Gasteiger partial charge in [-0.1, -0.05) is 123 Å². The summed E-state index contributed by atoms with van der Waals surface area (Å²) < 4.78 is 4.78. The van der Waals surface area contributed by atoms with Gasteiger partial charge in [0, 0.05) is 0 Å². The monoisotopic (exact) mass is 419 g/mol. The van der Waals surface area contributed by atoms with Crippen LogP contribution in [0, 0.1) is 0 Å². The lowest BCUT2D eigenvalue weighted by Crippen LogP contribution is -2.30. The van der Waals surface area contributed by atoms with Crippen molar-refractivity contribution in [3.63, 3.8) is 0 Å². The average Bonchev–Trinajstić information content (AvgIpc) is 3.21. The quantitative estimate of drug-likeness (QED) is 0.124. The van der Waals surface area contributed by atoms with E-state index in [4.69, 9.17) is 0 Å². The predicted octanol–water partition coefficient (Wildman–Crippen LogP) is 9.01. The molecule has 30 heavy (non-hydrogen) atoms. The summed E-state index contributed by atoms with van der Waals surface area (Å²) in [6, 6.07) is 0. The van der Waals surface area contributed by atoms with Crippen LogP contribution in [0.25, 0.3) is 0 Å². The lowest BCUT2D eigenvalue weighted by atomic mass is 10.0. The van der Waals surface area contributed by atoms with Gasteiger partial charge in [0.05, 0.1) is 13.1 Å². The second-order valence-electron chi connectivity index (χ2n) is 9.61. The van der Waals surface area contributed by atoms with E-state index < -0.39 is 0 Å². The first kappa shape index (κ1) is 27.2. The molecule has 2 nitrogen and oxygen atoms in total. The Morgan fingerprint density at radius 1 is 0.500 bits per heavy atom. The summed E-state index contributed by atoms with van der Waals surface area (Å²) in [5.41, 5.74) is 0. The summed E-state index contributed by atoms with van der Waals surface area (Å²) >= 11 is 0. The summed E-state index contributed by atoms with van der Waals surface area (Å²) in [7, 11) is 0. The molecule has 1 rings (SSSR count). The molecule has 0 saturated heterocycles. The van der Waals surface area contributed by atoms with E-state index in [-0.39, 0.29) is 0 Å². The van der Waals surface area contributed by atoms with Crippen LogP contribution in [-0.4, -0.2) is 4.57 Å². The van der Waals surface area contributed by atoms with Gasteiger partial charge in [0.25, 0.3) is 0 Å². The number of aryl methyl sites for hydroxylation is 2. The van der Waals surface area contributed by atoms with Gasteiger partial charge in [-0.15, -0.1) is 0 Å². The Labute approximate surface area is 189 Å². The minimum absolute atomic E-state index is 1.20. The van der Waals surface area contributed by atoms with Crippen LogP contribution in [0.1, 0.15) is 149 Å². The topological polar surface area (TPSA) is 8.81 Å². The Hall–Kier alpha value is -0.790. The van der Waals surface area contributed by atoms with Crippen LogP contribution >= 0.6 is 0 Å². The molecule has 0 aliphatic carbocycles. The zero-order chi connectivity index (χ0) is 21.5.